The molecular formula is C15H17NO3S. The number of carbonyl (C=O) groups is 1. The van der Waals surface area contributed by atoms with Crippen LogP contribution in [0.15, 0.2) is 45.7 Å². The van der Waals surface area contributed by atoms with Crippen LogP contribution in [0.5, 0.6) is 5.75 Å². The van der Waals surface area contributed by atoms with Crippen molar-refractivity contribution in [2.45, 2.75) is 18.4 Å². The average molecular weight is 291 g/mol. The second-order valence-electron chi connectivity index (χ2n) is 4.52. The smallest absolute Gasteiger partial charge is 0.233 e. The highest BCUT2D eigenvalue weighted by Gasteiger charge is 2.12. The first-order valence-corrected chi connectivity index (χ1v) is 7.25. The lowest BCUT2D eigenvalue weighted by atomic mass is 10.3. The number of nitrogens with zero attached hydrogens (tertiary/aromatic N) is 1. The van der Waals surface area contributed by atoms with Gasteiger partial charge in [-0.1, -0.05) is 12.1 Å². The first-order chi connectivity index (χ1) is 9.56. The summed E-state index contributed by atoms with van der Waals surface area (Å²) in [6.45, 7) is 2.33. The fourth-order valence-electron chi connectivity index (χ4n) is 1.72. The third-order valence-electron chi connectivity index (χ3n) is 2.83. The summed E-state index contributed by atoms with van der Waals surface area (Å²) >= 11 is 1.33. The van der Waals surface area contributed by atoms with E-state index in [0.29, 0.717) is 11.4 Å². The maximum absolute atomic E-state index is 12.0. The highest BCUT2D eigenvalue weighted by molar-refractivity contribution is 8.00. The van der Waals surface area contributed by atoms with Crippen molar-refractivity contribution in [3.8, 4) is 5.75 Å². The molecule has 1 heterocycles. The molecule has 0 aliphatic heterocycles. The summed E-state index contributed by atoms with van der Waals surface area (Å²) in [5.41, 5.74) is 0. The van der Waals surface area contributed by atoms with E-state index < -0.39 is 0 Å². The maximum atomic E-state index is 12.0. The van der Waals surface area contributed by atoms with Crippen LogP contribution in [-0.2, 0) is 11.3 Å². The van der Waals surface area contributed by atoms with Crippen molar-refractivity contribution < 1.29 is 14.3 Å². The number of benzene rings is 1. The topological polar surface area (TPSA) is 53.7 Å². The molecule has 1 amide bonds. The number of aromatic hydroxyl groups is 1. The van der Waals surface area contributed by atoms with Gasteiger partial charge in [-0.3, -0.25) is 4.79 Å². The Balaban J connectivity index is 1.87. The summed E-state index contributed by atoms with van der Waals surface area (Å²) in [5.74, 6) is 2.09. The van der Waals surface area contributed by atoms with Gasteiger partial charge >= 0.3 is 0 Å². The van der Waals surface area contributed by atoms with Crippen LogP contribution in [0.1, 0.15) is 11.5 Å². The van der Waals surface area contributed by atoms with E-state index in [0.717, 1.165) is 11.5 Å². The summed E-state index contributed by atoms with van der Waals surface area (Å²) in [5, 5.41) is 9.64. The molecule has 4 nitrogen and oxygen atoms in total. The maximum Gasteiger partial charge on any atom is 0.233 e. The largest absolute Gasteiger partial charge is 0.507 e. The molecule has 0 bridgehead atoms. The Morgan fingerprint density at radius 3 is 2.70 bits per heavy atom. The molecule has 2 rings (SSSR count). The van der Waals surface area contributed by atoms with E-state index in [4.69, 9.17) is 4.42 Å². The Hall–Kier alpha value is -1.88. The van der Waals surface area contributed by atoms with E-state index >= 15 is 0 Å². The van der Waals surface area contributed by atoms with Crippen molar-refractivity contribution in [1.29, 1.82) is 0 Å². The molecule has 1 aromatic carbocycles. The molecule has 0 atom stereocenters. The molecule has 0 saturated carbocycles. The SMILES string of the molecule is Cc1ccc(CN(C)C(=O)CSc2ccccc2O)o1. The number of aryl methyl sites for hydroxylation is 1. The molecule has 106 valence electrons. The van der Waals surface area contributed by atoms with Gasteiger partial charge in [0.2, 0.25) is 5.91 Å². The molecule has 1 aromatic heterocycles. The minimum atomic E-state index is -0.00712. The van der Waals surface area contributed by atoms with E-state index in [-0.39, 0.29) is 17.4 Å². The van der Waals surface area contributed by atoms with Crippen molar-refractivity contribution in [2.24, 2.45) is 0 Å². The van der Waals surface area contributed by atoms with Crippen LogP contribution in [0.25, 0.3) is 0 Å². The number of para-hydroxylation sites is 1. The number of furan rings is 1. The molecular weight excluding hydrogens is 274 g/mol. The van der Waals surface area contributed by atoms with Gasteiger partial charge < -0.3 is 14.4 Å². The number of thioether (sulfide) groups is 1. The average Bonchev–Trinajstić information content (AvgIpc) is 2.82. The summed E-state index contributed by atoms with van der Waals surface area (Å²) < 4.78 is 5.45. The Morgan fingerprint density at radius 1 is 1.30 bits per heavy atom. The van der Waals surface area contributed by atoms with Gasteiger partial charge in [0.15, 0.2) is 0 Å². The van der Waals surface area contributed by atoms with Gasteiger partial charge in [-0.15, -0.1) is 11.8 Å². The number of amides is 1. The minimum absolute atomic E-state index is 0.00712. The van der Waals surface area contributed by atoms with Gasteiger partial charge in [0.1, 0.15) is 17.3 Å². The zero-order valence-corrected chi connectivity index (χ0v) is 12.3. The van der Waals surface area contributed by atoms with Gasteiger partial charge in [0.25, 0.3) is 0 Å². The van der Waals surface area contributed by atoms with Crippen molar-refractivity contribution in [1.82, 2.24) is 4.90 Å². The second-order valence-corrected chi connectivity index (χ2v) is 5.54. The fourth-order valence-corrected chi connectivity index (χ4v) is 2.61. The van der Waals surface area contributed by atoms with Crippen LogP contribution in [0.4, 0.5) is 0 Å². The lowest BCUT2D eigenvalue weighted by Crippen LogP contribution is -2.27. The lowest BCUT2D eigenvalue weighted by Gasteiger charge is -2.15. The molecule has 0 unspecified atom stereocenters. The third kappa shape index (κ3) is 3.81. The van der Waals surface area contributed by atoms with Gasteiger partial charge in [-0.2, -0.15) is 0 Å². The molecule has 0 spiro atoms. The zero-order valence-electron chi connectivity index (χ0n) is 11.5. The van der Waals surface area contributed by atoms with E-state index in [2.05, 4.69) is 0 Å². The number of hydrogen-bond donors (Lipinski definition) is 1. The second kappa shape index (κ2) is 6.52. The molecule has 20 heavy (non-hydrogen) atoms. The molecule has 0 saturated heterocycles. The number of hydrogen-bond acceptors (Lipinski definition) is 4. The first-order valence-electron chi connectivity index (χ1n) is 6.26. The summed E-state index contributed by atoms with van der Waals surface area (Å²) in [6, 6.07) is 10.7. The Kier molecular flexibility index (Phi) is 4.74. The third-order valence-corrected chi connectivity index (χ3v) is 3.88. The van der Waals surface area contributed by atoms with Crippen LogP contribution < -0.4 is 0 Å². The Bertz CT molecular complexity index is 594. The Labute approximate surface area is 122 Å². The van der Waals surface area contributed by atoms with Crippen LogP contribution in [0.3, 0.4) is 0 Å². The first kappa shape index (κ1) is 14.5. The predicted octanol–water partition coefficient (Wildman–Crippen LogP) is 3.04. The van der Waals surface area contributed by atoms with Crippen LogP contribution in [0, 0.1) is 6.92 Å². The van der Waals surface area contributed by atoms with Crippen molar-refractivity contribution >= 4 is 17.7 Å². The van der Waals surface area contributed by atoms with Gasteiger partial charge in [-0.25, -0.2) is 0 Å². The van der Waals surface area contributed by atoms with Gasteiger partial charge in [-0.05, 0) is 31.2 Å². The normalized spacial score (nSPS) is 10.5. The van der Waals surface area contributed by atoms with Crippen molar-refractivity contribution in [3.63, 3.8) is 0 Å². The monoisotopic (exact) mass is 291 g/mol. The summed E-state index contributed by atoms with van der Waals surface area (Å²) in [7, 11) is 1.74. The quantitative estimate of drug-likeness (QED) is 0.860. The predicted molar refractivity (Wildman–Crippen MR) is 78.7 cm³/mol. The van der Waals surface area contributed by atoms with E-state index in [1.165, 1.54) is 11.8 Å². The molecule has 2 aromatic rings. The van der Waals surface area contributed by atoms with Crippen LogP contribution >= 0.6 is 11.8 Å². The number of rotatable bonds is 5. The van der Waals surface area contributed by atoms with E-state index in [1.807, 2.05) is 25.1 Å². The summed E-state index contributed by atoms with van der Waals surface area (Å²) in [6.07, 6.45) is 0. The molecule has 0 radical (unpaired) electrons. The molecule has 0 aliphatic rings. The highest BCUT2D eigenvalue weighted by atomic mass is 32.2. The van der Waals surface area contributed by atoms with Gasteiger partial charge in [0.05, 0.1) is 12.3 Å². The lowest BCUT2D eigenvalue weighted by molar-refractivity contribution is -0.127. The van der Waals surface area contributed by atoms with Gasteiger partial charge in [0, 0.05) is 11.9 Å². The standard InChI is InChI=1S/C15H17NO3S/c1-11-7-8-12(19-11)9-16(2)15(18)10-20-14-6-4-3-5-13(14)17/h3-8,17H,9-10H2,1-2H3. The van der Waals surface area contributed by atoms with Crippen molar-refractivity contribution in [3.05, 3.63) is 47.9 Å². The van der Waals surface area contributed by atoms with Crippen molar-refractivity contribution in [2.75, 3.05) is 12.8 Å². The van der Waals surface area contributed by atoms with E-state index in [9.17, 15) is 9.90 Å². The summed E-state index contributed by atoms with van der Waals surface area (Å²) in [4.78, 5) is 14.3. The number of carbonyl (C=O) groups excluding carboxylic acids is 1. The molecule has 1 N–H and O–H groups in total. The number of phenolic OH excluding ortho intramolecular Hbond substituents is 1. The fraction of sp³-hybridized carbons (Fsp3) is 0.267. The molecule has 5 heteroatoms. The zero-order chi connectivity index (χ0) is 14.5. The molecule has 0 fully saturated rings. The van der Waals surface area contributed by atoms with Crippen LogP contribution in [0.2, 0.25) is 0 Å². The molecule has 0 aliphatic carbocycles. The Morgan fingerprint density at radius 2 is 2.05 bits per heavy atom. The number of phenols is 1. The minimum Gasteiger partial charge on any atom is -0.507 e. The van der Waals surface area contributed by atoms with Crippen LogP contribution in [-0.4, -0.2) is 28.7 Å². The van der Waals surface area contributed by atoms with E-state index in [1.54, 1.807) is 30.1 Å². The highest BCUT2D eigenvalue weighted by Crippen LogP contribution is 2.27.